The zero-order chi connectivity index (χ0) is 20.4. The maximum atomic E-state index is 12.8. The Bertz CT molecular complexity index is 1180. The summed E-state index contributed by atoms with van der Waals surface area (Å²) in [6, 6.07) is 22.7. The summed E-state index contributed by atoms with van der Waals surface area (Å²) in [7, 11) is 0. The predicted molar refractivity (Wildman–Crippen MR) is 116 cm³/mol. The molecule has 0 saturated carbocycles. The molecule has 144 valence electrons. The van der Waals surface area contributed by atoms with Crippen molar-refractivity contribution in [2.75, 3.05) is 5.32 Å². The van der Waals surface area contributed by atoms with Crippen molar-refractivity contribution >= 4 is 23.2 Å². The van der Waals surface area contributed by atoms with Crippen LogP contribution in [0.2, 0.25) is 5.02 Å². The lowest BCUT2D eigenvalue weighted by molar-refractivity contribution is 0.101. The fourth-order valence-corrected chi connectivity index (χ4v) is 3.24. The van der Waals surface area contributed by atoms with Crippen molar-refractivity contribution in [3.05, 3.63) is 94.8 Å². The molecule has 0 unspecified atom stereocenters. The van der Waals surface area contributed by atoms with E-state index < -0.39 is 0 Å². The van der Waals surface area contributed by atoms with Gasteiger partial charge in [0.15, 0.2) is 5.82 Å². The number of nitrogens with one attached hydrogen (secondary N) is 1. The molecule has 4 rings (SSSR count). The number of anilines is 1. The van der Waals surface area contributed by atoms with Crippen LogP contribution in [0.15, 0.2) is 72.8 Å². The van der Waals surface area contributed by atoms with Crippen LogP contribution in [0.1, 0.15) is 21.7 Å². The number of para-hydroxylation sites is 1. The van der Waals surface area contributed by atoms with Crippen molar-refractivity contribution in [3.8, 4) is 17.1 Å². The number of aryl methyl sites for hydroxylation is 2. The van der Waals surface area contributed by atoms with Crippen LogP contribution in [0, 0.1) is 13.8 Å². The molecule has 3 aromatic carbocycles. The maximum absolute atomic E-state index is 12.8. The number of rotatable bonds is 4. The highest BCUT2D eigenvalue weighted by Gasteiger charge is 2.20. The van der Waals surface area contributed by atoms with Gasteiger partial charge in [-0.25, -0.2) is 9.67 Å². The van der Waals surface area contributed by atoms with Crippen molar-refractivity contribution in [1.82, 2.24) is 14.8 Å². The molecule has 29 heavy (non-hydrogen) atoms. The van der Waals surface area contributed by atoms with Crippen LogP contribution in [0.25, 0.3) is 17.1 Å². The third-order valence-corrected chi connectivity index (χ3v) is 4.75. The number of nitrogens with zero attached hydrogens (tertiary/aromatic N) is 3. The van der Waals surface area contributed by atoms with Gasteiger partial charge in [0.05, 0.1) is 5.69 Å². The van der Waals surface area contributed by atoms with E-state index in [2.05, 4.69) is 15.4 Å². The second kappa shape index (κ2) is 7.89. The molecule has 0 fully saturated rings. The molecule has 1 aromatic heterocycles. The molecule has 1 N–H and O–H groups in total. The Kier molecular flexibility index (Phi) is 5.14. The molecule has 0 aliphatic carbocycles. The second-order valence-electron chi connectivity index (χ2n) is 6.79. The molecule has 1 amide bonds. The van der Waals surface area contributed by atoms with E-state index in [4.69, 9.17) is 11.6 Å². The summed E-state index contributed by atoms with van der Waals surface area (Å²) in [6.07, 6.45) is 0. The number of carbonyl (C=O) groups excluding carboxylic acids is 1. The number of hydrogen-bond acceptors (Lipinski definition) is 3. The molecule has 0 saturated heterocycles. The van der Waals surface area contributed by atoms with Crippen molar-refractivity contribution in [3.63, 3.8) is 0 Å². The lowest BCUT2D eigenvalue weighted by Gasteiger charge is -2.10. The van der Waals surface area contributed by atoms with Crippen LogP contribution < -0.4 is 5.32 Å². The highest BCUT2D eigenvalue weighted by molar-refractivity contribution is 6.30. The van der Waals surface area contributed by atoms with Gasteiger partial charge in [-0.1, -0.05) is 54.1 Å². The van der Waals surface area contributed by atoms with Crippen LogP contribution in [-0.2, 0) is 0 Å². The normalized spacial score (nSPS) is 10.7. The van der Waals surface area contributed by atoms with E-state index in [1.165, 1.54) is 0 Å². The maximum Gasteiger partial charge on any atom is 0.295 e. The number of aromatic nitrogens is 3. The van der Waals surface area contributed by atoms with Gasteiger partial charge in [0, 0.05) is 16.3 Å². The van der Waals surface area contributed by atoms with Crippen molar-refractivity contribution < 1.29 is 4.79 Å². The molecule has 0 aliphatic heterocycles. The largest absolute Gasteiger partial charge is 0.319 e. The van der Waals surface area contributed by atoms with Crippen molar-refractivity contribution in [1.29, 1.82) is 0 Å². The minimum absolute atomic E-state index is 0.0877. The van der Waals surface area contributed by atoms with Gasteiger partial charge in [-0.15, -0.1) is 5.10 Å². The SMILES string of the molecule is Cc1ccc(C)c(-n2nc(C(=O)Nc3ccccc3)nc2-c2cccc(Cl)c2)c1. The Labute approximate surface area is 174 Å². The number of hydrogen-bond donors (Lipinski definition) is 1. The smallest absolute Gasteiger partial charge is 0.295 e. The standard InChI is InChI=1S/C23H19ClN4O/c1-15-11-12-16(2)20(13-15)28-22(17-7-6-8-18(24)14-17)26-21(27-28)23(29)25-19-9-4-3-5-10-19/h3-14H,1-2H3,(H,25,29). The number of amides is 1. The van der Waals surface area contributed by atoms with Crippen LogP contribution in [0.4, 0.5) is 5.69 Å². The quantitative estimate of drug-likeness (QED) is 0.493. The van der Waals surface area contributed by atoms with Crippen LogP contribution >= 0.6 is 11.6 Å². The van der Waals surface area contributed by atoms with E-state index in [1.54, 1.807) is 10.7 Å². The van der Waals surface area contributed by atoms with E-state index in [9.17, 15) is 4.79 Å². The van der Waals surface area contributed by atoms with Crippen LogP contribution in [0.3, 0.4) is 0 Å². The monoisotopic (exact) mass is 402 g/mol. The Hall–Kier alpha value is -3.44. The molecule has 0 spiro atoms. The van der Waals surface area contributed by atoms with Crippen molar-refractivity contribution in [2.45, 2.75) is 13.8 Å². The lowest BCUT2D eigenvalue weighted by Crippen LogP contribution is -2.14. The average Bonchev–Trinajstić information content (AvgIpc) is 3.16. The minimum Gasteiger partial charge on any atom is -0.319 e. The topological polar surface area (TPSA) is 59.8 Å². The Balaban J connectivity index is 1.82. The summed E-state index contributed by atoms with van der Waals surface area (Å²) in [5.74, 6) is 0.271. The van der Waals surface area contributed by atoms with Crippen LogP contribution in [0.5, 0.6) is 0 Å². The molecule has 1 heterocycles. The van der Waals surface area contributed by atoms with Gasteiger partial charge < -0.3 is 5.32 Å². The van der Waals surface area contributed by atoms with E-state index in [-0.39, 0.29) is 11.7 Å². The molecular formula is C23H19ClN4O. The fraction of sp³-hybridized carbons (Fsp3) is 0.0870. The van der Waals surface area contributed by atoms with E-state index in [0.717, 1.165) is 22.4 Å². The Morgan fingerprint density at radius 2 is 1.76 bits per heavy atom. The minimum atomic E-state index is -0.372. The molecule has 4 aromatic rings. The first-order valence-corrected chi connectivity index (χ1v) is 9.56. The van der Waals surface area contributed by atoms with Gasteiger partial charge >= 0.3 is 0 Å². The summed E-state index contributed by atoms with van der Waals surface area (Å²) >= 11 is 6.19. The number of halogens is 1. The van der Waals surface area contributed by atoms with E-state index in [0.29, 0.717) is 16.5 Å². The second-order valence-corrected chi connectivity index (χ2v) is 7.23. The van der Waals surface area contributed by atoms with Gasteiger partial charge in [-0.3, -0.25) is 4.79 Å². The van der Waals surface area contributed by atoms with E-state index in [1.807, 2.05) is 80.6 Å². The first-order valence-electron chi connectivity index (χ1n) is 9.18. The van der Waals surface area contributed by atoms with Gasteiger partial charge in [0.25, 0.3) is 5.91 Å². The first-order chi connectivity index (χ1) is 14.0. The van der Waals surface area contributed by atoms with Crippen LogP contribution in [-0.4, -0.2) is 20.7 Å². The average molecular weight is 403 g/mol. The molecule has 5 nitrogen and oxygen atoms in total. The first kappa shape index (κ1) is 18.9. The summed E-state index contributed by atoms with van der Waals surface area (Å²) in [4.78, 5) is 17.3. The van der Waals surface area contributed by atoms with Gasteiger partial charge in [0.2, 0.25) is 5.82 Å². The highest BCUT2D eigenvalue weighted by atomic mass is 35.5. The number of carbonyl (C=O) groups is 1. The summed E-state index contributed by atoms with van der Waals surface area (Å²) in [5, 5.41) is 7.96. The molecule has 6 heteroatoms. The number of benzene rings is 3. The molecule has 0 atom stereocenters. The zero-order valence-corrected chi connectivity index (χ0v) is 16.8. The summed E-state index contributed by atoms with van der Waals surface area (Å²) < 4.78 is 1.70. The fourth-order valence-electron chi connectivity index (χ4n) is 3.05. The van der Waals surface area contributed by atoms with Gasteiger partial charge in [-0.2, -0.15) is 0 Å². The predicted octanol–water partition coefficient (Wildman–Crippen LogP) is 5.46. The Morgan fingerprint density at radius 3 is 2.52 bits per heavy atom. The third-order valence-electron chi connectivity index (χ3n) is 4.52. The molecule has 0 bridgehead atoms. The van der Waals surface area contributed by atoms with Crippen molar-refractivity contribution in [2.24, 2.45) is 0 Å². The van der Waals surface area contributed by atoms with Gasteiger partial charge in [-0.05, 0) is 55.3 Å². The Morgan fingerprint density at radius 1 is 0.966 bits per heavy atom. The highest BCUT2D eigenvalue weighted by Crippen LogP contribution is 2.26. The van der Waals surface area contributed by atoms with E-state index >= 15 is 0 Å². The zero-order valence-electron chi connectivity index (χ0n) is 16.1. The third kappa shape index (κ3) is 4.05. The summed E-state index contributed by atoms with van der Waals surface area (Å²) in [5.41, 5.74) is 4.45. The summed E-state index contributed by atoms with van der Waals surface area (Å²) in [6.45, 7) is 4.02. The molecule has 0 radical (unpaired) electrons. The molecule has 0 aliphatic rings. The lowest BCUT2D eigenvalue weighted by atomic mass is 10.1. The molecular weight excluding hydrogens is 384 g/mol. The van der Waals surface area contributed by atoms with Gasteiger partial charge in [0.1, 0.15) is 0 Å².